The molecule has 1 aromatic rings. The largest absolute Gasteiger partial charge is 0.507 e. The highest BCUT2D eigenvalue weighted by atomic mass is 16.5. The molecule has 1 atom stereocenters. The topological polar surface area (TPSA) is 87.0 Å². The molecular weight excluding hydrogens is 320 g/mol. The average Bonchev–Trinajstić information content (AvgIpc) is 2.49. The van der Waals surface area contributed by atoms with E-state index >= 15 is 0 Å². The predicted molar refractivity (Wildman–Crippen MR) is 97.9 cm³/mol. The van der Waals surface area contributed by atoms with Crippen molar-refractivity contribution in [2.45, 2.75) is 71.3 Å². The van der Waals surface area contributed by atoms with Gasteiger partial charge in [-0.25, -0.2) is 0 Å². The van der Waals surface area contributed by atoms with Crippen molar-refractivity contribution in [3.05, 3.63) is 28.8 Å². The van der Waals surface area contributed by atoms with E-state index < -0.39 is 18.7 Å². The maximum atomic E-state index is 11.8. The first-order valence-corrected chi connectivity index (χ1v) is 8.67. The molecule has 3 N–H and O–H groups in total. The van der Waals surface area contributed by atoms with Crippen LogP contribution in [0.1, 0.15) is 64.7 Å². The van der Waals surface area contributed by atoms with Gasteiger partial charge in [0.1, 0.15) is 18.5 Å². The fraction of sp³-hybridized carbons (Fsp3) is 0.650. The number of hydrogen-bond acceptors (Lipinski definition) is 5. The Bertz CT molecular complexity index is 558. The van der Waals surface area contributed by atoms with E-state index in [1.54, 1.807) is 0 Å². The summed E-state index contributed by atoms with van der Waals surface area (Å²) in [5.41, 5.74) is 2.25. The van der Waals surface area contributed by atoms with Crippen molar-refractivity contribution in [2.24, 2.45) is 0 Å². The van der Waals surface area contributed by atoms with Crippen LogP contribution in [0.4, 0.5) is 0 Å². The maximum absolute atomic E-state index is 11.8. The Morgan fingerprint density at radius 1 is 1.08 bits per heavy atom. The van der Waals surface area contributed by atoms with Crippen molar-refractivity contribution in [1.82, 2.24) is 0 Å². The summed E-state index contributed by atoms with van der Waals surface area (Å²) in [6.07, 6.45) is -0.381. The van der Waals surface area contributed by atoms with Gasteiger partial charge in [-0.05, 0) is 33.9 Å². The number of benzene rings is 1. The van der Waals surface area contributed by atoms with Crippen LogP contribution in [0.25, 0.3) is 0 Å². The SMILES string of the molecule is CC(C)(C)c1cc(CCC(=O)OCC(O)CO)cc(C(C)(C)C)c1O. The minimum Gasteiger partial charge on any atom is -0.507 e. The summed E-state index contributed by atoms with van der Waals surface area (Å²) in [7, 11) is 0. The van der Waals surface area contributed by atoms with Crippen LogP contribution in [0.3, 0.4) is 0 Å². The van der Waals surface area contributed by atoms with Gasteiger partial charge in [0.25, 0.3) is 0 Å². The van der Waals surface area contributed by atoms with Crippen molar-refractivity contribution in [3.8, 4) is 5.75 Å². The average molecular weight is 352 g/mol. The second kappa shape index (κ2) is 8.19. The van der Waals surface area contributed by atoms with Crippen molar-refractivity contribution < 1.29 is 24.9 Å². The van der Waals surface area contributed by atoms with E-state index in [0.717, 1.165) is 16.7 Å². The monoisotopic (exact) mass is 352 g/mol. The molecule has 0 aliphatic carbocycles. The van der Waals surface area contributed by atoms with E-state index in [2.05, 4.69) is 0 Å². The van der Waals surface area contributed by atoms with Crippen molar-refractivity contribution >= 4 is 5.97 Å². The second-order valence-corrected chi connectivity index (χ2v) is 8.56. The first-order valence-electron chi connectivity index (χ1n) is 8.67. The third kappa shape index (κ3) is 6.33. The van der Waals surface area contributed by atoms with E-state index in [1.165, 1.54) is 0 Å². The predicted octanol–water partition coefficient (Wildman–Crippen LogP) is 2.82. The molecule has 5 nitrogen and oxygen atoms in total. The van der Waals surface area contributed by atoms with E-state index in [4.69, 9.17) is 9.84 Å². The van der Waals surface area contributed by atoms with E-state index in [0.29, 0.717) is 12.2 Å². The molecule has 0 saturated heterocycles. The van der Waals surface area contributed by atoms with Gasteiger partial charge in [-0.15, -0.1) is 0 Å². The molecule has 0 bridgehead atoms. The van der Waals surface area contributed by atoms with Gasteiger partial charge >= 0.3 is 5.97 Å². The van der Waals surface area contributed by atoms with Crippen LogP contribution in [-0.2, 0) is 26.8 Å². The highest BCUT2D eigenvalue weighted by Gasteiger charge is 2.26. The lowest BCUT2D eigenvalue weighted by Crippen LogP contribution is -2.22. The Morgan fingerprint density at radius 2 is 1.56 bits per heavy atom. The quantitative estimate of drug-likeness (QED) is 0.685. The number of aromatic hydroxyl groups is 1. The first kappa shape index (κ1) is 21.5. The molecule has 0 saturated carbocycles. The molecule has 0 fully saturated rings. The lowest BCUT2D eigenvalue weighted by atomic mass is 9.78. The highest BCUT2D eigenvalue weighted by Crippen LogP contribution is 2.39. The third-order valence-electron chi connectivity index (χ3n) is 4.05. The van der Waals surface area contributed by atoms with E-state index in [-0.39, 0.29) is 23.9 Å². The van der Waals surface area contributed by atoms with Gasteiger partial charge in [0, 0.05) is 6.42 Å². The Balaban J connectivity index is 2.98. The van der Waals surface area contributed by atoms with Crippen LogP contribution in [0.15, 0.2) is 12.1 Å². The molecular formula is C20H32O5. The van der Waals surface area contributed by atoms with E-state index in [9.17, 15) is 15.0 Å². The zero-order chi connectivity index (χ0) is 19.4. The summed E-state index contributed by atoms with van der Waals surface area (Å²) >= 11 is 0. The van der Waals surface area contributed by atoms with Crippen molar-refractivity contribution in [3.63, 3.8) is 0 Å². The molecule has 0 aliphatic rings. The van der Waals surface area contributed by atoms with E-state index in [1.807, 2.05) is 53.7 Å². The smallest absolute Gasteiger partial charge is 0.306 e. The standard InChI is InChI=1S/C20H32O5/c1-19(2,3)15-9-13(10-16(18(15)24)20(4,5)6)7-8-17(23)25-12-14(22)11-21/h9-10,14,21-22,24H,7-8,11-12H2,1-6H3. The summed E-state index contributed by atoms with van der Waals surface area (Å²) in [5, 5.41) is 28.6. The number of aryl methyl sites for hydroxylation is 1. The number of carbonyl (C=O) groups is 1. The number of ether oxygens (including phenoxy) is 1. The molecule has 0 spiro atoms. The Labute approximate surface area is 150 Å². The summed E-state index contributed by atoms with van der Waals surface area (Å²) in [6, 6.07) is 3.89. The molecule has 0 aliphatic heterocycles. The number of esters is 1. The minimum absolute atomic E-state index is 0.177. The van der Waals surface area contributed by atoms with Gasteiger partial charge in [0.05, 0.1) is 6.61 Å². The molecule has 5 heteroatoms. The van der Waals surface area contributed by atoms with Crippen LogP contribution >= 0.6 is 0 Å². The number of aliphatic hydroxyl groups is 2. The molecule has 142 valence electrons. The van der Waals surface area contributed by atoms with Gasteiger partial charge in [0.2, 0.25) is 0 Å². The maximum Gasteiger partial charge on any atom is 0.306 e. The summed E-state index contributed by atoms with van der Waals surface area (Å²) in [4.78, 5) is 11.8. The number of rotatable bonds is 6. The molecule has 0 heterocycles. The number of aliphatic hydroxyl groups excluding tert-OH is 2. The van der Waals surface area contributed by atoms with Gasteiger partial charge in [-0.1, -0.05) is 53.7 Å². The lowest BCUT2D eigenvalue weighted by Gasteiger charge is -2.28. The number of phenols is 1. The number of phenolic OH excluding ortho intramolecular Hbond substituents is 1. The molecule has 0 aromatic heterocycles. The summed E-state index contributed by atoms with van der Waals surface area (Å²) in [5.74, 6) is -0.104. The zero-order valence-electron chi connectivity index (χ0n) is 16.2. The third-order valence-corrected chi connectivity index (χ3v) is 4.05. The number of carbonyl (C=O) groups excluding carboxylic acids is 1. The fourth-order valence-electron chi connectivity index (χ4n) is 2.54. The Kier molecular flexibility index (Phi) is 7.03. The molecule has 1 aromatic carbocycles. The van der Waals surface area contributed by atoms with Crippen LogP contribution in [0.2, 0.25) is 0 Å². The van der Waals surface area contributed by atoms with Crippen LogP contribution in [-0.4, -0.2) is 40.6 Å². The van der Waals surface area contributed by atoms with Crippen molar-refractivity contribution in [1.29, 1.82) is 0 Å². The van der Waals surface area contributed by atoms with Crippen LogP contribution in [0.5, 0.6) is 5.75 Å². The molecule has 25 heavy (non-hydrogen) atoms. The second-order valence-electron chi connectivity index (χ2n) is 8.56. The Hall–Kier alpha value is -1.59. The molecule has 0 amide bonds. The minimum atomic E-state index is -1.04. The zero-order valence-corrected chi connectivity index (χ0v) is 16.2. The Morgan fingerprint density at radius 3 is 1.96 bits per heavy atom. The fourth-order valence-corrected chi connectivity index (χ4v) is 2.54. The van der Waals surface area contributed by atoms with Crippen LogP contribution in [0, 0.1) is 0 Å². The van der Waals surface area contributed by atoms with Crippen molar-refractivity contribution in [2.75, 3.05) is 13.2 Å². The number of hydrogen-bond donors (Lipinski definition) is 3. The van der Waals surface area contributed by atoms with Gasteiger partial charge < -0.3 is 20.1 Å². The molecule has 1 rings (SSSR count). The van der Waals surface area contributed by atoms with Gasteiger partial charge in [-0.2, -0.15) is 0 Å². The molecule has 0 radical (unpaired) electrons. The normalized spacial score (nSPS) is 13.6. The first-order chi connectivity index (χ1) is 11.4. The lowest BCUT2D eigenvalue weighted by molar-refractivity contribution is -0.147. The molecule has 1 unspecified atom stereocenters. The van der Waals surface area contributed by atoms with Crippen LogP contribution < -0.4 is 0 Å². The summed E-state index contributed by atoms with van der Waals surface area (Å²) < 4.78 is 4.94. The summed E-state index contributed by atoms with van der Waals surface area (Å²) in [6.45, 7) is 11.6. The van der Waals surface area contributed by atoms with Gasteiger partial charge in [-0.3, -0.25) is 4.79 Å². The van der Waals surface area contributed by atoms with Gasteiger partial charge in [0.15, 0.2) is 0 Å². The highest BCUT2D eigenvalue weighted by molar-refractivity contribution is 5.69.